The van der Waals surface area contributed by atoms with Crippen molar-refractivity contribution in [3.05, 3.63) is 88.9 Å². The molecule has 154 valence electrons. The molecule has 1 N–H and O–H groups in total. The van der Waals surface area contributed by atoms with Crippen molar-refractivity contribution in [3.63, 3.8) is 0 Å². The van der Waals surface area contributed by atoms with Crippen molar-refractivity contribution in [3.8, 4) is 11.1 Å². The Bertz CT molecular complexity index is 1030. The van der Waals surface area contributed by atoms with Crippen LogP contribution in [0, 0.1) is 0 Å². The highest BCUT2D eigenvalue weighted by Gasteiger charge is 2.23. The molecule has 3 rings (SSSR count). The van der Waals surface area contributed by atoms with Gasteiger partial charge in [-0.15, -0.1) is 0 Å². The average Bonchev–Trinajstić information content (AvgIpc) is 2.72. The fourth-order valence-corrected chi connectivity index (χ4v) is 3.29. The van der Waals surface area contributed by atoms with Crippen LogP contribution >= 0.6 is 11.6 Å². The zero-order valence-corrected chi connectivity index (χ0v) is 18.0. The minimum absolute atomic E-state index is 0.0851. The monoisotopic (exact) mass is 421 g/mol. The second kappa shape index (κ2) is 8.72. The highest BCUT2D eigenvalue weighted by atomic mass is 35.5. The number of hydrogen-bond donors (Lipinski definition) is 1. The predicted octanol–water partition coefficient (Wildman–Crippen LogP) is 5.92. The van der Waals surface area contributed by atoms with Crippen molar-refractivity contribution < 1.29 is 14.7 Å². The number of nitrogens with zero attached hydrogens (tertiary/aromatic N) is 1. The van der Waals surface area contributed by atoms with Crippen molar-refractivity contribution in [2.75, 3.05) is 4.90 Å². The van der Waals surface area contributed by atoms with E-state index in [2.05, 4.69) is 45.0 Å². The molecule has 0 aliphatic heterocycles. The third-order valence-electron chi connectivity index (χ3n) is 4.95. The van der Waals surface area contributed by atoms with Crippen molar-refractivity contribution >= 4 is 29.2 Å². The van der Waals surface area contributed by atoms with Gasteiger partial charge in [0.25, 0.3) is 0 Å². The molecule has 0 aliphatic carbocycles. The Hall–Kier alpha value is -3.11. The van der Waals surface area contributed by atoms with Crippen molar-refractivity contribution in [1.29, 1.82) is 0 Å². The van der Waals surface area contributed by atoms with Gasteiger partial charge in [0.15, 0.2) is 0 Å². The van der Waals surface area contributed by atoms with Crippen molar-refractivity contribution in [2.45, 2.75) is 32.7 Å². The van der Waals surface area contributed by atoms with Gasteiger partial charge in [0.05, 0.1) is 6.54 Å². The molecule has 0 aliphatic rings. The Morgan fingerprint density at radius 2 is 1.33 bits per heavy atom. The van der Waals surface area contributed by atoms with Gasteiger partial charge in [0, 0.05) is 10.7 Å². The van der Waals surface area contributed by atoms with E-state index in [0.717, 1.165) is 16.7 Å². The summed E-state index contributed by atoms with van der Waals surface area (Å²) in [6.07, 6.45) is 0. The smallest absolute Gasteiger partial charge is 0.394 e. The Labute approximate surface area is 181 Å². The summed E-state index contributed by atoms with van der Waals surface area (Å²) in [4.78, 5) is 24.9. The number of carboxylic acids is 1. The van der Waals surface area contributed by atoms with Crippen LogP contribution in [0.4, 0.5) is 5.69 Å². The molecule has 0 unspecified atom stereocenters. The van der Waals surface area contributed by atoms with Gasteiger partial charge < -0.3 is 5.11 Å². The summed E-state index contributed by atoms with van der Waals surface area (Å²) < 4.78 is 0. The van der Waals surface area contributed by atoms with E-state index in [1.54, 1.807) is 36.4 Å². The number of aliphatic carboxylic acids is 1. The van der Waals surface area contributed by atoms with Crippen molar-refractivity contribution in [2.24, 2.45) is 0 Å². The number of hydrogen-bond acceptors (Lipinski definition) is 2. The molecule has 4 nitrogen and oxygen atoms in total. The summed E-state index contributed by atoms with van der Waals surface area (Å²) in [5.41, 5.74) is 4.70. The first kappa shape index (κ1) is 21.6. The summed E-state index contributed by atoms with van der Waals surface area (Å²) in [6.45, 7) is 6.66. The second-order valence-electron chi connectivity index (χ2n) is 8.20. The Morgan fingerprint density at radius 1 is 0.833 bits per heavy atom. The average molecular weight is 422 g/mol. The number of carbonyl (C=O) groups is 2. The maximum Gasteiger partial charge on any atom is 0.394 e. The van der Waals surface area contributed by atoms with Gasteiger partial charge in [-0.25, -0.2) is 4.79 Å². The molecule has 30 heavy (non-hydrogen) atoms. The lowest BCUT2D eigenvalue weighted by Gasteiger charge is -2.22. The molecule has 0 spiro atoms. The zero-order valence-electron chi connectivity index (χ0n) is 17.2. The number of anilines is 1. The number of benzene rings is 3. The minimum Gasteiger partial charge on any atom is -0.474 e. The highest BCUT2D eigenvalue weighted by Crippen LogP contribution is 2.28. The maximum absolute atomic E-state index is 12.3. The van der Waals surface area contributed by atoms with Gasteiger partial charge in [0.1, 0.15) is 0 Å². The largest absolute Gasteiger partial charge is 0.474 e. The molecule has 5 heteroatoms. The van der Waals surface area contributed by atoms with Crippen LogP contribution in [-0.4, -0.2) is 17.0 Å². The Kier molecular flexibility index (Phi) is 6.28. The summed E-state index contributed by atoms with van der Waals surface area (Å²) in [5.74, 6) is -2.47. The molecule has 0 atom stereocenters. The van der Waals surface area contributed by atoms with Crippen LogP contribution in [0.2, 0.25) is 5.02 Å². The standard InChI is InChI=1S/C25H24ClNO3/c1-25(2,3)20-10-6-18(7-11-20)19-8-14-22(15-9-19)27(23(28)24(29)30)16-17-4-12-21(26)13-5-17/h4-15H,16H2,1-3H3,(H,29,30). The quantitative estimate of drug-likeness (QED) is 0.532. The first-order chi connectivity index (χ1) is 14.1. The fourth-order valence-electron chi connectivity index (χ4n) is 3.16. The molecule has 0 radical (unpaired) electrons. The van der Waals surface area contributed by atoms with E-state index in [1.165, 1.54) is 10.5 Å². The van der Waals surface area contributed by atoms with Crippen LogP contribution in [0.1, 0.15) is 31.9 Å². The zero-order chi connectivity index (χ0) is 21.9. The topological polar surface area (TPSA) is 57.6 Å². The fraction of sp³-hybridized carbons (Fsp3) is 0.200. The van der Waals surface area contributed by atoms with E-state index in [0.29, 0.717) is 10.7 Å². The van der Waals surface area contributed by atoms with Crippen LogP contribution in [0.25, 0.3) is 11.1 Å². The number of carbonyl (C=O) groups excluding carboxylic acids is 1. The maximum atomic E-state index is 12.3. The lowest BCUT2D eigenvalue weighted by Crippen LogP contribution is -2.36. The molecule has 3 aromatic carbocycles. The second-order valence-corrected chi connectivity index (χ2v) is 8.63. The molecular weight excluding hydrogens is 398 g/mol. The number of rotatable bonds is 4. The summed E-state index contributed by atoms with van der Waals surface area (Å²) in [5, 5.41) is 9.83. The molecular formula is C25H24ClNO3. The summed E-state index contributed by atoms with van der Waals surface area (Å²) in [7, 11) is 0. The van der Waals surface area contributed by atoms with Crippen LogP contribution < -0.4 is 4.90 Å². The Morgan fingerprint density at radius 3 is 1.80 bits per heavy atom. The third kappa shape index (κ3) is 5.08. The lowest BCUT2D eigenvalue weighted by atomic mass is 9.86. The lowest BCUT2D eigenvalue weighted by molar-refractivity contribution is -0.148. The molecule has 0 aromatic heterocycles. The number of halogens is 1. The van der Waals surface area contributed by atoms with E-state index in [4.69, 9.17) is 11.6 Å². The van der Waals surface area contributed by atoms with Crippen molar-refractivity contribution in [1.82, 2.24) is 0 Å². The molecule has 1 amide bonds. The summed E-state index contributed by atoms with van der Waals surface area (Å²) in [6, 6.07) is 22.7. The van der Waals surface area contributed by atoms with Gasteiger partial charge in [-0.05, 0) is 51.9 Å². The van der Waals surface area contributed by atoms with Gasteiger partial charge in [-0.2, -0.15) is 0 Å². The van der Waals surface area contributed by atoms with Crippen LogP contribution in [-0.2, 0) is 21.5 Å². The van der Waals surface area contributed by atoms with E-state index < -0.39 is 11.9 Å². The Balaban J connectivity index is 1.87. The minimum atomic E-state index is -1.49. The van der Waals surface area contributed by atoms with Crippen LogP contribution in [0.3, 0.4) is 0 Å². The molecule has 0 bridgehead atoms. The van der Waals surface area contributed by atoms with Crippen LogP contribution in [0.5, 0.6) is 0 Å². The number of carboxylic acid groups (broad SMARTS) is 1. The third-order valence-corrected chi connectivity index (χ3v) is 5.20. The van der Waals surface area contributed by atoms with Gasteiger partial charge >= 0.3 is 11.9 Å². The normalized spacial score (nSPS) is 11.2. The molecule has 0 saturated carbocycles. The molecule has 0 heterocycles. The summed E-state index contributed by atoms with van der Waals surface area (Å²) >= 11 is 5.91. The van der Waals surface area contributed by atoms with E-state index in [9.17, 15) is 14.7 Å². The van der Waals surface area contributed by atoms with Gasteiger partial charge in [0.2, 0.25) is 0 Å². The van der Waals surface area contributed by atoms with Crippen LogP contribution in [0.15, 0.2) is 72.8 Å². The first-order valence-corrected chi connectivity index (χ1v) is 10.0. The van der Waals surface area contributed by atoms with E-state index >= 15 is 0 Å². The molecule has 0 saturated heterocycles. The first-order valence-electron chi connectivity index (χ1n) is 9.65. The van der Waals surface area contributed by atoms with Gasteiger partial charge in [-0.1, -0.05) is 80.9 Å². The van der Waals surface area contributed by atoms with E-state index in [1.807, 2.05) is 12.1 Å². The predicted molar refractivity (Wildman–Crippen MR) is 121 cm³/mol. The molecule has 3 aromatic rings. The van der Waals surface area contributed by atoms with E-state index in [-0.39, 0.29) is 12.0 Å². The highest BCUT2D eigenvalue weighted by molar-refractivity contribution is 6.37. The molecule has 0 fully saturated rings. The van der Waals surface area contributed by atoms with Gasteiger partial charge in [-0.3, -0.25) is 9.69 Å². The number of amides is 1. The SMILES string of the molecule is CC(C)(C)c1ccc(-c2ccc(N(Cc3ccc(Cl)cc3)C(=O)C(=O)O)cc2)cc1.